The average molecular weight is 223 g/mol. The Balaban J connectivity index is 2.24. The molecule has 0 amide bonds. The second-order valence-electron chi connectivity index (χ2n) is 3.85. The maximum atomic E-state index is 8.71. The van der Waals surface area contributed by atoms with E-state index in [9.17, 15) is 0 Å². The number of nitriles is 1. The molecular formula is C14H13N3. The van der Waals surface area contributed by atoms with Crippen LogP contribution in [0.25, 0.3) is 11.4 Å². The van der Waals surface area contributed by atoms with Crippen molar-refractivity contribution < 1.29 is 0 Å². The van der Waals surface area contributed by atoms with Gasteiger partial charge < -0.3 is 0 Å². The number of aryl methyl sites for hydroxylation is 1. The second kappa shape index (κ2) is 5.22. The minimum atomic E-state index is 0.649. The molecule has 0 radical (unpaired) electrons. The molecule has 1 aromatic carbocycles. The average Bonchev–Trinajstić information content (AvgIpc) is 2.40. The zero-order chi connectivity index (χ0) is 12.1. The number of aromatic nitrogens is 2. The van der Waals surface area contributed by atoms with E-state index >= 15 is 0 Å². The van der Waals surface area contributed by atoms with Gasteiger partial charge in [-0.15, -0.1) is 0 Å². The Morgan fingerprint density at radius 3 is 2.29 bits per heavy atom. The normalized spacial score (nSPS) is 9.88. The molecule has 0 atom stereocenters. The third-order valence-electron chi connectivity index (χ3n) is 2.52. The first kappa shape index (κ1) is 11.3. The van der Waals surface area contributed by atoms with Gasteiger partial charge in [0.2, 0.25) is 0 Å². The summed E-state index contributed by atoms with van der Waals surface area (Å²) >= 11 is 0. The third-order valence-corrected chi connectivity index (χ3v) is 2.52. The number of hydrogen-bond donors (Lipinski definition) is 0. The van der Waals surface area contributed by atoms with Gasteiger partial charge in [-0.1, -0.05) is 13.3 Å². The Morgan fingerprint density at radius 1 is 1.12 bits per heavy atom. The molecule has 17 heavy (non-hydrogen) atoms. The molecule has 0 aliphatic carbocycles. The molecule has 0 saturated carbocycles. The van der Waals surface area contributed by atoms with Crippen LogP contribution in [0.4, 0.5) is 0 Å². The van der Waals surface area contributed by atoms with Crippen LogP contribution in [0, 0.1) is 11.3 Å². The van der Waals surface area contributed by atoms with Crippen LogP contribution in [0.1, 0.15) is 24.5 Å². The van der Waals surface area contributed by atoms with Gasteiger partial charge >= 0.3 is 0 Å². The maximum absolute atomic E-state index is 8.71. The summed E-state index contributed by atoms with van der Waals surface area (Å²) in [5.74, 6) is 0.703. The van der Waals surface area contributed by atoms with Gasteiger partial charge in [-0.05, 0) is 36.2 Å². The highest BCUT2D eigenvalue weighted by atomic mass is 14.9. The molecular weight excluding hydrogens is 210 g/mol. The summed E-state index contributed by atoms with van der Waals surface area (Å²) in [6.07, 6.45) is 5.83. The molecule has 1 heterocycles. The molecule has 2 rings (SSSR count). The first-order chi connectivity index (χ1) is 8.33. The maximum Gasteiger partial charge on any atom is 0.159 e. The van der Waals surface area contributed by atoms with E-state index in [0.717, 1.165) is 24.0 Å². The van der Waals surface area contributed by atoms with Crippen molar-refractivity contribution >= 4 is 0 Å². The van der Waals surface area contributed by atoms with Crippen LogP contribution in [0.15, 0.2) is 36.7 Å². The van der Waals surface area contributed by atoms with E-state index < -0.39 is 0 Å². The summed E-state index contributed by atoms with van der Waals surface area (Å²) in [5, 5.41) is 8.71. The summed E-state index contributed by atoms with van der Waals surface area (Å²) in [6, 6.07) is 9.38. The molecule has 0 aliphatic heterocycles. The lowest BCUT2D eigenvalue weighted by atomic mass is 10.1. The first-order valence-electron chi connectivity index (χ1n) is 5.65. The lowest BCUT2D eigenvalue weighted by Gasteiger charge is -2.01. The van der Waals surface area contributed by atoms with E-state index in [2.05, 4.69) is 23.0 Å². The lowest BCUT2D eigenvalue weighted by molar-refractivity contribution is 0.902. The van der Waals surface area contributed by atoms with Crippen molar-refractivity contribution in [2.45, 2.75) is 19.8 Å². The fourth-order valence-electron chi connectivity index (χ4n) is 1.62. The van der Waals surface area contributed by atoms with Crippen molar-refractivity contribution in [3.05, 3.63) is 47.8 Å². The SMILES string of the molecule is CCCc1cnc(-c2ccc(C#N)cc2)nc1. The van der Waals surface area contributed by atoms with Gasteiger partial charge in [0, 0.05) is 18.0 Å². The molecule has 0 saturated heterocycles. The molecule has 3 heteroatoms. The Hall–Kier alpha value is -2.21. The van der Waals surface area contributed by atoms with Gasteiger partial charge in [-0.25, -0.2) is 9.97 Å². The zero-order valence-electron chi connectivity index (χ0n) is 9.72. The van der Waals surface area contributed by atoms with Crippen molar-refractivity contribution in [3.63, 3.8) is 0 Å². The van der Waals surface area contributed by atoms with Crippen LogP contribution < -0.4 is 0 Å². The molecule has 0 aliphatic rings. The second-order valence-corrected chi connectivity index (χ2v) is 3.85. The lowest BCUT2D eigenvalue weighted by Crippen LogP contribution is -1.92. The Bertz CT molecular complexity index is 521. The number of nitrogens with zero attached hydrogens (tertiary/aromatic N) is 3. The van der Waals surface area contributed by atoms with Crippen molar-refractivity contribution in [1.29, 1.82) is 5.26 Å². The van der Waals surface area contributed by atoms with E-state index in [1.807, 2.05) is 24.5 Å². The van der Waals surface area contributed by atoms with Crippen molar-refractivity contribution in [3.8, 4) is 17.5 Å². The van der Waals surface area contributed by atoms with Crippen LogP contribution >= 0.6 is 0 Å². The molecule has 0 unspecified atom stereocenters. The van der Waals surface area contributed by atoms with E-state index in [0.29, 0.717) is 11.4 Å². The molecule has 0 N–H and O–H groups in total. The standard InChI is InChI=1S/C14H13N3/c1-2-3-12-9-16-14(17-10-12)13-6-4-11(8-15)5-7-13/h4-7,9-10H,2-3H2,1H3. The molecule has 0 fully saturated rings. The Morgan fingerprint density at radius 2 is 1.76 bits per heavy atom. The fraction of sp³-hybridized carbons (Fsp3) is 0.214. The van der Waals surface area contributed by atoms with Gasteiger partial charge in [0.25, 0.3) is 0 Å². The van der Waals surface area contributed by atoms with Crippen LogP contribution in [0.3, 0.4) is 0 Å². The third kappa shape index (κ3) is 2.67. The molecule has 1 aromatic heterocycles. The van der Waals surface area contributed by atoms with E-state index in [4.69, 9.17) is 5.26 Å². The smallest absolute Gasteiger partial charge is 0.159 e. The molecule has 0 bridgehead atoms. The van der Waals surface area contributed by atoms with Crippen molar-refractivity contribution in [1.82, 2.24) is 9.97 Å². The Kier molecular flexibility index (Phi) is 3.46. The summed E-state index contributed by atoms with van der Waals surface area (Å²) < 4.78 is 0. The van der Waals surface area contributed by atoms with Gasteiger partial charge in [-0.2, -0.15) is 5.26 Å². The summed E-state index contributed by atoms with van der Waals surface area (Å²) in [5.41, 5.74) is 2.74. The molecule has 0 spiro atoms. The number of benzene rings is 1. The van der Waals surface area contributed by atoms with Crippen LogP contribution in [0.5, 0.6) is 0 Å². The summed E-state index contributed by atoms with van der Waals surface area (Å²) in [7, 11) is 0. The molecule has 84 valence electrons. The molecule has 3 nitrogen and oxygen atoms in total. The highest BCUT2D eigenvalue weighted by Crippen LogP contribution is 2.15. The first-order valence-corrected chi connectivity index (χ1v) is 5.65. The predicted molar refractivity (Wildman–Crippen MR) is 66.2 cm³/mol. The highest BCUT2D eigenvalue weighted by molar-refractivity contribution is 5.56. The van der Waals surface area contributed by atoms with Crippen molar-refractivity contribution in [2.75, 3.05) is 0 Å². The van der Waals surface area contributed by atoms with Crippen LogP contribution in [0.2, 0.25) is 0 Å². The minimum Gasteiger partial charge on any atom is -0.236 e. The van der Waals surface area contributed by atoms with Gasteiger partial charge in [-0.3, -0.25) is 0 Å². The molecule has 2 aromatic rings. The summed E-state index contributed by atoms with van der Waals surface area (Å²) in [4.78, 5) is 8.66. The van der Waals surface area contributed by atoms with E-state index in [-0.39, 0.29) is 0 Å². The van der Waals surface area contributed by atoms with Crippen molar-refractivity contribution in [2.24, 2.45) is 0 Å². The van der Waals surface area contributed by atoms with Gasteiger partial charge in [0.1, 0.15) is 0 Å². The van der Waals surface area contributed by atoms with Gasteiger partial charge in [0.05, 0.1) is 11.6 Å². The van der Waals surface area contributed by atoms with E-state index in [1.165, 1.54) is 0 Å². The van der Waals surface area contributed by atoms with Gasteiger partial charge in [0.15, 0.2) is 5.82 Å². The largest absolute Gasteiger partial charge is 0.236 e. The topological polar surface area (TPSA) is 49.6 Å². The Labute approximate surface area is 101 Å². The number of rotatable bonds is 3. The van der Waals surface area contributed by atoms with Crippen LogP contribution in [-0.4, -0.2) is 9.97 Å². The van der Waals surface area contributed by atoms with Crippen LogP contribution in [-0.2, 0) is 6.42 Å². The van der Waals surface area contributed by atoms with E-state index in [1.54, 1.807) is 12.1 Å². The zero-order valence-corrected chi connectivity index (χ0v) is 9.72. The predicted octanol–water partition coefficient (Wildman–Crippen LogP) is 2.97. The highest BCUT2D eigenvalue weighted by Gasteiger charge is 2.01. The number of hydrogen-bond acceptors (Lipinski definition) is 3. The fourth-order valence-corrected chi connectivity index (χ4v) is 1.62. The monoisotopic (exact) mass is 223 g/mol. The quantitative estimate of drug-likeness (QED) is 0.803. The summed E-state index contributed by atoms with van der Waals surface area (Å²) in [6.45, 7) is 2.13. The minimum absolute atomic E-state index is 0.649.